The van der Waals surface area contributed by atoms with Crippen LogP contribution < -0.4 is 0 Å². The molecule has 0 spiro atoms. The summed E-state index contributed by atoms with van der Waals surface area (Å²) in [6.45, 7) is 24.8. The quantitative estimate of drug-likeness (QED) is 0.200. The molecule has 0 aromatic carbocycles. The smallest absolute Gasteiger partial charge is 0.352 e. The minimum Gasteiger partial charge on any atom is -0.409 e. The molecule has 5 heteroatoms. The van der Waals surface area contributed by atoms with Crippen LogP contribution in [-0.2, 0) is 13.0 Å². The highest BCUT2D eigenvalue weighted by Crippen LogP contribution is 2.26. The summed E-state index contributed by atoms with van der Waals surface area (Å²) in [5.41, 5.74) is 4.06. The van der Waals surface area contributed by atoms with Gasteiger partial charge in [0, 0.05) is 13.2 Å². The molecule has 0 aliphatic heterocycles. The van der Waals surface area contributed by atoms with Gasteiger partial charge in [0.15, 0.2) is 0 Å². The van der Waals surface area contributed by atoms with Crippen LogP contribution in [0.15, 0.2) is 24.6 Å². The van der Waals surface area contributed by atoms with Crippen LogP contribution in [0.25, 0.3) is 0 Å². The van der Waals surface area contributed by atoms with Crippen molar-refractivity contribution in [1.82, 2.24) is 0 Å². The molecular weight excluding hydrogens is 368 g/mol. The minimum atomic E-state index is -2.47. The first-order valence-electron chi connectivity index (χ1n) is 10.7. The van der Waals surface area contributed by atoms with Gasteiger partial charge in [0.25, 0.3) is 0 Å². The third-order valence-corrected chi connectivity index (χ3v) is 10.9. The van der Waals surface area contributed by atoms with E-state index in [9.17, 15) is 0 Å². The van der Waals surface area contributed by atoms with Crippen molar-refractivity contribution in [3.8, 4) is 0 Å². The van der Waals surface area contributed by atoms with E-state index in [0.29, 0.717) is 17.9 Å². The Morgan fingerprint density at radius 2 is 1.41 bits per heavy atom. The zero-order valence-electron chi connectivity index (χ0n) is 19.2. The second-order valence-corrected chi connectivity index (χ2v) is 15.6. The van der Waals surface area contributed by atoms with Gasteiger partial charge in [-0.25, -0.2) is 0 Å². The maximum atomic E-state index is 6.45. The number of hydrogen-bond acceptors (Lipinski definition) is 3. The molecule has 0 fully saturated rings. The van der Waals surface area contributed by atoms with Gasteiger partial charge in [-0.15, -0.1) is 13.2 Å². The first-order chi connectivity index (χ1) is 12.5. The Bertz CT molecular complexity index is 422. The summed E-state index contributed by atoms with van der Waals surface area (Å²) < 4.78 is 18.9. The van der Waals surface area contributed by atoms with Crippen molar-refractivity contribution in [2.24, 2.45) is 11.3 Å². The zero-order valence-corrected chi connectivity index (χ0v) is 21.2. The lowest BCUT2D eigenvalue weighted by Gasteiger charge is -2.34. The lowest BCUT2D eigenvalue weighted by molar-refractivity contribution is 0.161. The topological polar surface area (TPSA) is 27.7 Å². The monoisotopic (exact) mass is 414 g/mol. The van der Waals surface area contributed by atoms with Crippen LogP contribution in [0.4, 0.5) is 0 Å². The van der Waals surface area contributed by atoms with Crippen LogP contribution in [-0.4, -0.2) is 30.3 Å². The summed E-state index contributed by atoms with van der Waals surface area (Å²) in [5, 5.41) is 0. The van der Waals surface area contributed by atoms with E-state index in [0.717, 1.165) is 19.4 Å². The predicted octanol–water partition coefficient (Wildman–Crippen LogP) is 7.06. The number of rotatable bonds is 16. The van der Waals surface area contributed by atoms with Crippen molar-refractivity contribution in [2.45, 2.75) is 92.7 Å². The highest BCUT2D eigenvalue weighted by molar-refractivity contribution is 6.84. The van der Waals surface area contributed by atoms with Crippen molar-refractivity contribution in [1.29, 1.82) is 0 Å². The first kappa shape index (κ1) is 26.8. The summed E-state index contributed by atoms with van der Waals surface area (Å²) in [5.74, 6) is 0.487. The largest absolute Gasteiger partial charge is 0.409 e. The van der Waals surface area contributed by atoms with E-state index < -0.39 is 17.1 Å². The molecule has 0 radical (unpaired) electrons. The lowest BCUT2D eigenvalue weighted by Crippen LogP contribution is -2.51. The maximum absolute atomic E-state index is 6.45. The Morgan fingerprint density at radius 3 is 1.93 bits per heavy atom. The molecule has 3 nitrogen and oxygen atoms in total. The Hall–Kier alpha value is -0.206. The normalized spacial score (nSPS) is 17.7. The number of unbranched alkanes of at least 4 members (excludes halogenated alkanes) is 5. The molecular formula is C22H46O3Si2. The summed E-state index contributed by atoms with van der Waals surface area (Å²) in [7, 11) is -4.92. The van der Waals surface area contributed by atoms with Crippen molar-refractivity contribution in [3.05, 3.63) is 24.6 Å². The van der Waals surface area contributed by atoms with Gasteiger partial charge in [-0.3, -0.25) is 0 Å². The summed E-state index contributed by atoms with van der Waals surface area (Å²) in [6.07, 6.45) is 8.66. The average Bonchev–Trinajstić information content (AvgIpc) is 2.58. The average molecular weight is 415 g/mol. The SMILES string of the molecule is C=C[Si](C)(OCCCCCCCC)O[Si](C)(C=C)OCC(C)CC(C)(C)C. The van der Waals surface area contributed by atoms with Gasteiger partial charge in [0.05, 0.1) is 0 Å². The fourth-order valence-corrected chi connectivity index (χ4v) is 8.99. The molecule has 0 saturated heterocycles. The Kier molecular flexibility index (Phi) is 13.0. The zero-order chi connectivity index (χ0) is 21.0. The molecule has 3 unspecified atom stereocenters. The van der Waals surface area contributed by atoms with E-state index in [1.165, 1.54) is 32.1 Å². The van der Waals surface area contributed by atoms with Crippen LogP contribution in [0, 0.1) is 11.3 Å². The molecule has 0 amide bonds. The van der Waals surface area contributed by atoms with Crippen LogP contribution in [0.2, 0.25) is 13.1 Å². The molecule has 0 aliphatic rings. The molecule has 160 valence electrons. The van der Waals surface area contributed by atoms with Crippen LogP contribution >= 0.6 is 0 Å². The summed E-state index contributed by atoms with van der Waals surface area (Å²) in [6, 6.07) is 0. The van der Waals surface area contributed by atoms with Gasteiger partial charge in [0.2, 0.25) is 0 Å². The van der Waals surface area contributed by atoms with E-state index in [2.05, 4.69) is 60.9 Å². The standard InChI is InChI=1S/C22H46O3Si2/c1-10-13-14-15-16-17-18-23-26(8,11-2)25-27(9,12-3)24-20-21(4)19-22(5,6)7/h11-12,21H,2-3,10,13-20H2,1,4-9H3. The fourth-order valence-electron chi connectivity index (χ4n) is 3.23. The molecule has 27 heavy (non-hydrogen) atoms. The third kappa shape index (κ3) is 13.6. The summed E-state index contributed by atoms with van der Waals surface area (Å²) in [4.78, 5) is 0. The molecule has 3 atom stereocenters. The molecule has 0 bridgehead atoms. The lowest BCUT2D eigenvalue weighted by atomic mass is 9.86. The van der Waals surface area contributed by atoms with E-state index in [1.54, 1.807) is 0 Å². The predicted molar refractivity (Wildman–Crippen MR) is 123 cm³/mol. The highest BCUT2D eigenvalue weighted by Gasteiger charge is 2.40. The van der Waals surface area contributed by atoms with Crippen LogP contribution in [0.5, 0.6) is 0 Å². The Morgan fingerprint density at radius 1 is 0.889 bits per heavy atom. The van der Waals surface area contributed by atoms with Crippen molar-refractivity contribution in [3.63, 3.8) is 0 Å². The minimum absolute atomic E-state index is 0.306. The molecule has 0 N–H and O–H groups in total. The second-order valence-electron chi connectivity index (χ2n) is 9.34. The fraction of sp³-hybridized carbons (Fsp3) is 0.818. The Labute approximate surface area is 172 Å². The van der Waals surface area contributed by atoms with Gasteiger partial charge in [-0.2, -0.15) is 0 Å². The van der Waals surface area contributed by atoms with Crippen molar-refractivity contribution < 1.29 is 13.0 Å². The van der Waals surface area contributed by atoms with Crippen molar-refractivity contribution in [2.75, 3.05) is 13.2 Å². The molecule has 0 rings (SSSR count). The first-order valence-corrected chi connectivity index (χ1v) is 15.5. The van der Waals surface area contributed by atoms with Gasteiger partial charge in [0.1, 0.15) is 0 Å². The van der Waals surface area contributed by atoms with Gasteiger partial charge >= 0.3 is 17.1 Å². The maximum Gasteiger partial charge on any atom is 0.352 e. The number of hydrogen-bond donors (Lipinski definition) is 0. The van der Waals surface area contributed by atoms with Crippen molar-refractivity contribution >= 4 is 17.1 Å². The summed E-state index contributed by atoms with van der Waals surface area (Å²) >= 11 is 0. The van der Waals surface area contributed by atoms with Crippen LogP contribution in [0.1, 0.15) is 79.6 Å². The second kappa shape index (κ2) is 13.1. The molecule has 0 aromatic rings. The van der Waals surface area contributed by atoms with E-state index in [4.69, 9.17) is 13.0 Å². The van der Waals surface area contributed by atoms with E-state index >= 15 is 0 Å². The van der Waals surface area contributed by atoms with Gasteiger partial charge < -0.3 is 13.0 Å². The van der Waals surface area contributed by atoms with Gasteiger partial charge in [-0.05, 0) is 37.3 Å². The highest BCUT2D eigenvalue weighted by atomic mass is 28.5. The van der Waals surface area contributed by atoms with E-state index in [-0.39, 0.29) is 0 Å². The van der Waals surface area contributed by atoms with E-state index in [1.807, 2.05) is 11.4 Å². The molecule has 0 saturated carbocycles. The molecule has 0 aliphatic carbocycles. The third-order valence-electron chi connectivity index (χ3n) is 4.65. The van der Waals surface area contributed by atoms with Crippen LogP contribution in [0.3, 0.4) is 0 Å². The molecule has 0 heterocycles. The van der Waals surface area contributed by atoms with Gasteiger partial charge in [-0.1, -0.05) is 78.1 Å². The Balaban J connectivity index is 4.48. The molecule has 0 aromatic heterocycles.